The predicted octanol–water partition coefficient (Wildman–Crippen LogP) is 3.19. The first kappa shape index (κ1) is 13.5. The molecule has 0 aliphatic heterocycles. The first-order valence-electron chi connectivity index (χ1n) is 5.79. The largest absolute Gasteiger partial charge is 0.378 e. The van der Waals surface area contributed by atoms with Gasteiger partial charge in [0, 0.05) is 18.9 Å². The number of hydrogen-bond acceptors (Lipinski definition) is 6. The highest BCUT2D eigenvalue weighted by Crippen LogP contribution is 2.33. The van der Waals surface area contributed by atoms with Gasteiger partial charge in [0.05, 0.1) is 27.9 Å². The van der Waals surface area contributed by atoms with Crippen LogP contribution in [0.5, 0.6) is 0 Å². The van der Waals surface area contributed by atoms with Crippen molar-refractivity contribution in [1.82, 2.24) is 9.97 Å². The molecule has 18 heavy (non-hydrogen) atoms. The van der Waals surface area contributed by atoms with Crippen molar-refractivity contribution < 1.29 is 4.74 Å². The number of nitrogens with two attached hydrogens (primary N) is 1. The smallest absolute Gasteiger partial charge is 0.180 e. The molecule has 2 heterocycles. The van der Waals surface area contributed by atoms with Crippen molar-refractivity contribution in [2.75, 3.05) is 12.8 Å². The molecule has 98 valence electrons. The summed E-state index contributed by atoms with van der Waals surface area (Å²) in [5.41, 5.74) is 7.56. The van der Waals surface area contributed by atoms with Gasteiger partial charge in [0.2, 0.25) is 0 Å². The van der Waals surface area contributed by atoms with Crippen LogP contribution in [0.2, 0.25) is 0 Å². The number of rotatable bonds is 5. The van der Waals surface area contributed by atoms with Gasteiger partial charge in [-0.05, 0) is 5.92 Å². The monoisotopic (exact) mass is 283 g/mol. The van der Waals surface area contributed by atoms with E-state index < -0.39 is 0 Å². The lowest BCUT2D eigenvalue weighted by molar-refractivity contribution is 0.182. The van der Waals surface area contributed by atoms with Crippen LogP contribution in [0, 0.1) is 5.92 Å². The second-order valence-electron chi connectivity index (χ2n) is 4.49. The standard InChI is InChI=1S/C12H17N3OS2/c1-7(2)4-10-14-8(5-16-3)11(18-10)9-6-17-12(13)15-9/h6-7H,4-5H2,1-3H3,(H2,13,15). The van der Waals surface area contributed by atoms with Gasteiger partial charge in [-0.15, -0.1) is 22.7 Å². The number of nitrogens with zero attached hydrogens (tertiary/aromatic N) is 2. The summed E-state index contributed by atoms with van der Waals surface area (Å²) in [5, 5.41) is 3.70. The molecule has 2 aromatic rings. The second kappa shape index (κ2) is 5.77. The van der Waals surface area contributed by atoms with Crippen molar-refractivity contribution in [3.8, 4) is 10.6 Å². The first-order chi connectivity index (χ1) is 8.60. The maximum Gasteiger partial charge on any atom is 0.180 e. The average molecular weight is 283 g/mol. The van der Waals surface area contributed by atoms with Gasteiger partial charge in [-0.25, -0.2) is 9.97 Å². The zero-order chi connectivity index (χ0) is 13.1. The third kappa shape index (κ3) is 3.07. The Morgan fingerprint density at radius 1 is 1.39 bits per heavy atom. The van der Waals surface area contributed by atoms with Crippen LogP contribution >= 0.6 is 22.7 Å². The van der Waals surface area contributed by atoms with Gasteiger partial charge in [0.1, 0.15) is 0 Å². The molecule has 0 aliphatic carbocycles. The van der Waals surface area contributed by atoms with Crippen molar-refractivity contribution in [1.29, 1.82) is 0 Å². The van der Waals surface area contributed by atoms with E-state index in [4.69, 9.17) is 10.5 Å². The van der Waals surface area contributed by atoms with Gasteiger partial charge < -0.3 is 10.5 Å². The third-order valence-corrected chi connectivity index (χ3v) is 4.18. The highest BCUT2D eigenvalue weighted by atomic mass is 32.1. The van der Waals surface area contributed by atoms with Crippen molar-refractivity contribution >= 4 is 27.8 Å². The van der Waals surface area contributed by atoms with E-state index in [-0.39, 0.29) is 0 Å². The summed E-state index contributed by atoms with van der Waals surface area (Å²) < 4.78 is 5.20. The van der Waals surface area contributed by atoms with Gasteiger partial charge in [-0.3, -0.25) is 0 Å². The summed E-state index contributed by atoms with van der Waals surface area (Å²) in [6, 6.07) is 0. The first-order valence-corrected chi connectivity index (χ1v) is 7.48. The number of methoxy groups -OCH3 is 1. The Kier molecular flexibility index (Phi) is 4.31. The molecule has 0 atom stereocenters. The minimum Gasteiger partial charge on any atom is -0.378 e. The Labute approximate surface area is 115 Å². The molecule has 0 spiro atoms. The normalized spacial score (nSPS) is 11.3. The van der Waals surface area contributed by atoms with Gasteiger partial charge in [0.25, 0.3) is 0 Å². The fourth-order valence-corrected chi connectivity index (χ4v) is 3.53. The number of anilines is 1. The zero-order valence-electron chi connectivity index (χ0n) is 10.8. The van der Waals surface area contributed by atoms with Gasteiger partial charge >= 0.3 is 0 Å². The van der Waals surface area contributed by atoms with Gasteiger partial charge in [-0.1, -0.05) is 13.8 Å². The predicted molar refractivity (Wildman–Crippen MR) is 76.9 cm³/mol. The van der Waals surface area contributed by atoms with Crippen molar-refractivity contribution in [2.45, 2.75) is 26.9 Å². The lowest BCUT2D eigenvalue weighted by Gasteiger charge is -1.98. The van der Waals surface area contributed by atoms with E-state index in [2.05, 4.69) is 23.8 Å². The highest BCUT2D eigenvalue weighted by Gasteiger charge is 2.15. The fourth-order valence-electron chi connectivity index (χ4n) is 1.66. The molecular formula is C12H17N3OS2. The minimum atomic E-state index is 0.515. The number of nitrogen functional groups attached to an aromatic ring is 1. The molecule has 0 bridgehead atoms. The van der Waals surface area contributed by atoms with Crippen LogP contribution < -0.4 is 5.73 Å². The molecule has 0 unspecified atom stereocenters. The molecular weight excluding hydrogens is 266 g/mol. The van der Waals surface area contributed by atoms with Crippen LogP contribution in [0.25, 0.3) is 10.6 Å². The molecule has 2 rings (SSSR count). The quantitative estimate of drug-likeness (QED) is 0.915. The van der Waals surface area contributed by atoms with Crippen molar-refractivity contribution in [3.63, 3.8) is 0 Å². The summed E-state index contributed by atoms with van der Waals surface area (Å²) >= 11 is 3.15. The lowest BCUT2D eigenvalue weighted by Crippen LogP contribution is -1.95. The third-order valence-electron chi connectivity index (χ3n) is 2.36. The fraction of sp³-hybridized carbons (Fsp3) is 0.500. The Morgan fingerprint density at radius 2 is 2.17 bits per heavy atom. The molecule has 0 radical (unpaired) electrons. The second-order valence-corrected chi connectivity index (χ2v) is 6.46. The Balaban J connectivity index is 2.34. The number of thiazole rings is 2. The topological polar surface area (TPSA) is 61.0 Å². The number of aromatic nitrogens is 2. The van der Waals surface area contributed by atoms with Crippen molar-refractivity contribution in [2.24, 2.45) is 5.92 Å². The maximum atomic E-state index is 5.69. The molecule has 6 heteroatoms. The molecule has 4 nitrogen and oxygen atoms in total. The SMILES string of the molecule is COCc1nc(CC(C)C)sc1-c1csc(N)n1. The summed E-state index contributed by atoms with van der Waals surface area (Å²) in [6.07, 6.45) is 0.987. The van der Waals surface area contributed by atoms with Crippen LogP contribution in [-0.4, -0.2) is 17.1 Å². The van der Waals surface area contributed by atoms with Crippen LogP contribution in [-0.2, 0) is 17.8 Å². The van der Waals surface area contributed by atoms with Gasteiger partial charge in [-0.2, -0.15) is 0 Å². The number of ether oxygens (including phenoxy) is 1. The summed E-state index contributed by atoms with van der Waals surface area (Å²) in [4.78, 5) is 10.1. The molecule has 0 amide bonds. The average Bonchev–Trinajstić information content (AvgIpc) is 2.85. The Morgan fingerprint density at radius 3 is 2.72 bits per heavy atom. The molecule has 2 aromatic heterocycles. The zero-order valence-corrected chi connectivity index (χ0v) is 12.4. The van der Waals surface area contributed by atoms with E-state index in [0.717, 1.165) is 27.7 Å². The van der Waals surface area contributed by atoms with Crippen LogP contribution in [0.3, 0.4) is 0 Å². The highest BCUT2D eigenvalue weighted by molar-refractivity contribution is 7.16. The summed E-state index contributed by atoms with van der Waals surface area (Å²) in [6.45, 7) is 4.90. The van der Waals surface area contributed by atoms with Crippen LogP contribution in [0.15, 0.2) is 5.38 Å². The van der Waals surface area contributed by atoms with E-state index in [9.17, 15) is 0 Å². The molecule has 0 saturated carbocycles. The molecule has 0 fully saturated rings. The molecule has 0 saturated heterocycles. The Hall–Kier alpha value is -0.980. The summed E-state index contributed by atoms with van der Waals surface area (Å²) in [5.74, 6) is 0.597. The molecule has 0 aromatic carbocycles. The summed E-state index contributed by atoms with van der Waals surface area (Å²) in [7, 11) is 1.68. The van der Waals surface area contributed by atoms with E-state index >= 15 is 0 Å². The Bertz CT molecular complexity index is 519. The minimum absolute atomic E-state index is 0.515. The lowest BCUT2D eigenvalue weighted by atomic mass is 10.1. The van der Waals surface area contributed by atoms with Crippen LogP contribution in [0.1, 0.15) is 24.5 Å². The van der Waals surface area contributed by atoms with E-state index in [1.54, 1.807) is 18.4 Å². The van der Waals surface area contributed by atoms with Crippen LogP contribution in [0.4, 0.5) is 5.13 Å². The number of hydrogen-bond donors (Lipinski definition) is 1. The van der Waals surface area contributed by atoms with E-state index in [1.807, 2.05) is 5.38 Å². The van der Waals surface area contributed by atoms with Gasteiger partial charge in [0.15, 0.2) is 5.13 Å². The van der Waals surface area contributed by atoms with Crippen molar-refractivity contribution in [3.05, 3.63) is 16.1 Å². The van der Waals surface area contributed by atoms with E-state index in [0.29, 0.717) is 17.7 Å². The molecule has 0 aliphatic rings. The maximum absolute atomic E-state index is 5.69. The van der Waals surface area contributed by atoms with E-state index in [1.165, 1.54) is 11.3 Å². The molecule has 2 N–H and O–H groups in total.